The van der Waals surface area contributed by atoms with Gasteiger partial charge in [0.25, 0.3) is 0 Å². The van der Waals surface area contributed by atoms with E-state index in [1.54, 1.807) is 11.1 Å². The Labute approximate surface area is 131 Å². The van der Waals surface area contributed by atoms with Gasteiger partial charge in [-0.3, -0.25) is 0 Å². The number of fused-ring (bicyclic) bond motifs is 1. The van der Waals surface area contributed by atoms with E-state index in [9.17, 15) is 0 Å². The molecule has 0 aromatic heterocycles. The Balaban J connectivity index is 2.08. The van der Waals surface area contributed by atoms with Crippen molar-refractivity contribution in [3.63, 3.8) is 0 Å². The summed E-state index contributed by atoms with van der Waals surface area (Å²) in [6, 6.07) is 9.82. The Morgan fingerprint density at radius 1 is 1.14 bits per heavy atom. The average molecular weight is 287 g/mol. The summed E-state index contributed by atoms with van der Waals surface area (Å²) in [6.45, 7) is 4.65. The fraction of sp³-hybridized carbons (Fsp3) is 0.700. The Bertz CT molecular complexity index is 406. The molecule has 1 heteroatoms. The van der Waals surface area contributed by atoms with Gasteiger partial charge in [-0.15, -0.1) is 0 Å². The van der Waals surface area contributed by atoms with E-state index in [1.807, 2.05) is 0 Å². The van der Waals surface area contributed by atoms with Crippen molar-refractivity contribution in [1.82, 2.24) is 5.32 Å². The molecule has 0 saturated carbocycles. The molecule has 0 saturated heterocycles. The first-order valence-corrected chi connectivity index (χ1v) is 9.05. The standard InChI is InChI=1S/C20H33N/c1-4-9-17(10-5-2)20(21-3)15-18-13-8-12-16-11-6-7-14-19(16)18/h6-7,11,14,17-18,20-21H,4-5,8-10,12-13,15H2,1-3H3. The van der Waals surface area contributed by atoms with Crippen molar-refractivity contribution in [2.75, 3.05) is 7.05 Å². The van der Waals surface area contributed by atoms with Gasteiger partial charge in [0.15, 0.2) is 0 Å². The zero-order valence-electron chi connectivity index (χ0n) is 14.2. The molecular formula is C20H33N. The highest BCUT2D eigenvalue weighted by Gasteiger charge is 2.26. The number of hydrogen-bond acceptors (Lipinski definition) is 1. The van der Waals surface area contributed by atoms with Crippen LogP contribution >= 0.6 is 0 Å². The third-order valence-electron chi connectivity index (χ3n) is 5.29. The van der Waals surface area contributed by atoms with Crippen LogP contribution in [0, 0.1) is 5.92 Å². The lowest BCUT2D eigenvalue weighted by Crippen LogP contribution is -2.35. The number of hydrogen-bond donors (Lipinski definition) is 1. The van der Waals surface area contributed by atoms with E-state index in [1.165, 1.54) is 51.4 Å². The maximum Gasteiger partial charge on any atom is 0.00981 e. The predicted octanol–water partition coefficient (Wildman–Crippen LogP) is 5.30. The topological polar surface area (TPSA) is 12.0 Å². The monoisotopic (exact) mass is 287 g/mol. The van der Waals surface area contributed by atoms with Crippen LogP contribution in [-0.2, 0) is 6.42 Å². The van der Waals surface area contributed by atoms with Crippen molar-refractivity contribution in [1.29, 1.82) is 0 Å². The summed E-state index contributed by atoms with van der Waals surface area (Å²) in [6.07, 6.45) is 10.7. The second-order valence-electron chi connectivity index (χ2n) is 6.76. The molecule has 1 aliphatic carbocycles. The Morgan fingerprint density at radius 3 is 2.52 bits per heavy atom. The maximum atomic E-state index is 3.65. The molecule has 0 bridgehead atoms. The molecule has 0 spiro atoms. The van der Waals surface area contributed by atoms with Crippen molar-refractivity contribution < 1.29 is 0 Å². The number of rotatable bonds is 8. The highest BCUT2D eigenvalue weighted by Crippen LogP contribution is 2.36. The molecule has 1 aromatic carbocycles. The van der Waals surface area contributed by atoms with Crippen LogP contribution in [0.25, 0.3) is 0 Å². The average Bonchev–Trinajstić information content (AvgIpc) is 2.52. The molecule has 1 aromatic rings. The SMILES string of the molecule is CCCC(CCC)C(CC1CCCc2ccccc21)NC. The first-order valence-electron chi connectivity index (χ1n) is 9.05. The van der Waals surface area contributed by atoms with E-state index in [-0.39, 0.29) is 0 Å². The minimum Gasteiger partial charge on any atom is -0.317 e. The van der Waals surface area contributed by atoms with Crippen LogP contribution in [0.2, 0.25) is 0 Å². The first-order chi connectivity index (χ1) is 10.3. The fourth-order valence-corrected chi connectivity index (χ4v) is 4.24. The molecule has 2 rings (SSSR count). The first kappa shape index (κ1) is 16.5. The molecule has 0 aliphatic heterocycles. The molecular weight excluding hydrogens is 254 g/mol. The zero-order valence-corrected chi connectivity index (χ0v) is 14.2. The van der Waals surface area contributed by atoms with Crippen LogP contribution in [0.4, 0.5) is 0 Å². The van der Waals surface area contributed by atoms with Crippen molar-refractivity contribution in [2.45, 2.75) is 77.2 Å². The van der Waals surface area contributed by atoms with Gasteiger partial charge in [0.1, 0.15) is 0 Å². The molecule has 1 aliphatic rings. The van der Waals surface area contributed by atoms with Gasteiger partial charge >= 0.3 is 0 Å². The highest BCUT2D eigenvalue weighted by atomic mass is 14.9. The van der Waals surface area contributed by atoms with Crippen LogP contribution in [0.15, 0.2) is 24.3 Å². The Morgan fingerprint density at radius 2 is 1.86 bits per heavy atom. The van der Waals surface area contributed by atoms with E-state index in [0.29, 0.717) is 6.04 Å². The largest absolute Gasteiger partial charge is 0.317 e. The van der Waals surface area contributed by atoms with E-state index >= 15 is 0 Å². The molecule has 118 valence electrons. The molecule has 0 fully saturated rings. The maximum absolute atomic E-state index is 3.65. The summed E-state index contributed by atoms with van der Waals surface area (Å²) in [5.74, 6) is 1.61. The summed E-state index contributed by atoms with van der Waals surface area (Å²) < 4.78 is 0. The molecule has 21 heavy (non-hydrogen) atoms. The van der Waals surface area contributed by atoms with Crippen molar-refractivity contribution >= 4 is 0 Å². The minimum absolute atomic E-state index is 0.682. The molecule has 1 nitrogen and oxygen atoms in total. The third kappa shape index (κ3) is 4.32. The smallest absolute Gasteiger partial charge is 0.00981 e. The molecule has 0 heterocycles. The zero-order chi connectivity index (χ0) is 15.1. The van der Waals surface area contributed by atoms with E-state index in [0.717, 1.165) is 11.8 Å². The summed E-state index contributed by atoms with van der Waals surface area (Å²) in [7, 11) is 2.16. The molecule has 0 radical (unpaired) electrons. The quantitative estimate of drug-likeness (QED) is 0.684. The highest BCUT2D eigenvalue weighted by molar-refractivity contribution is 5.32. The van der Waals surface area contributed by atoms with Crippen molar-refractivity contribution in [3.05, 3.63) is 35.4 Å². The normalized spacial score (nSPS) is 19.5. The molecule has 2 unspecified atom stereocenters. The van der Waals surface area contributed by atoms with Crippen LogP contribution in [-0.4, -0.2) is 13.1 Å². The molecule has 0 amide bonds. The van der Waals surface area contributed by atoms with Gasteiger partial charge in [-0.05, 0) is 68.5 Å². The van der Waals surface area contributed by atoms with E-state index in [2.05, 4.69) is 50.5 Å². The lowest BCUT2D eigenvalue weighted by molar-refractivity contribution is 0.287. The summed E-state index contributed by atoms with van der Waals surface area (Å²) in [4.78, 5) is 0. The lowest BCUT2D eigenvalue weighted by Gasteiger charge is -2.33. The van der Waals surface area contributed by atoms with Gasteiger partial charge in [-0.1, -0.05) is 51.0 Å². The minimum atomic E-state index is 0.682. The van der Waals surface area contributed by atoms with Gasteiger partial charge < -0.3 is 5.32 Å². The van der Waals surface area contributed by atoms with Crippen LogP contribution in [0.5, 0.6) is 0 Å². The fourth-order valence-electron chi connectivity index (χ4n) is 4.24. The number of nitrogens with one attached hydrogen (secondary N) is 1. The summed E-state index contributed by atoms with van der Waals surface area (Å²) in [5.41, 5.74) is 3.24. The van der Waals surface area contributed by atoms with Gasteiger partial charge in [-0.25, -0.2) is 0 Å². The molecule has 1 N–H and O–H groups in total. The Hall–Kier alpha value is -0.820. The Kier molecular flexibility index (Phi) is 6.76. The van der Waals surface area contributed by atoms with Crippen LogP contribution in [0.1, 0.15) is 75.8 Å². The van der Waals surface area contributed by atoms with E-state index < -0.39 is 0 Å². The summed E-state index contributed by atoms with van der Waals surface area (Å²) >= 11 is 0. The van der Waals surface area contributed by atoms with Crippen LogP contribution < -0.4 is 5.32 Å². The lowest BCUT2D eigenvalue weighted by atomic mass is 9.76. The third-order valence-corrected chi connectivity index (χ3v) is 5.29. The summed E-state index contributed by atoms with van der Waals surface area (Å²) in [5, 5.41) is 3.65. The van der Waals surface area contributed by atoms with Crippen molar-refractivity contribution in [2.24, 2.45) is 5.92 Å². The van der Waals surface area contributed by atoms with Gasteiger partial charge in [-0.2, -0.15) is 0 Å². The predicted molar refractivity (Wildman–Crippen MR) is 92.9 cm³/mol. The van der Waals surface area contributed by atoms with Gasteiger partial charge in [0.05, 0.1) is 0 Å². The van der Waals surface area contributed by atoms with Crippen LogP contribution in [0.3, 0.4) is 0 Å². The van der Waals surface area contributed by atoms with Crippen molar-refractivity contribution in [3.8, 4) is 0 Å². The molecule has 2 atom stereocenters. The number of benzene rings is 1. The van der Waals surface area contributed by atoms with Gasteiger partial charge in [0, 0.05) is 6.04 Å². The van der Waals surface area contributed by atoms with Gasteiger partial charge in [0.2, 0.25) is 0 Å². The number of aryl methyl sites for hydroxylation is 1. The second kappa shape index (κ2) is 8.58. The van der Waals surface area contributed by atoms with E-state index in [4.69, 9.17) is 0 Å². The second-order valence-corrected chi connectivity index (χ2v) is 6.76.